The molecular weight excluding hydrogens is 531 g/mol. The van der Waals surface area contributed by atoms with Crippen molar-refractivity contribution in [2.45, 2.75) is 24.4 Å². The Kier molecular flexibility index (Phi) is 6.34. The smallest absolute Gasteiger partial charge is 0.268 e. The van der Waals surface area contributed by atoms with Gasteiger partial charge in [0.05, 0.1) is 16.8 Å². The summed E-state index contributed by atoms with van der Waals surface area (Å²) in [4.78, 5) is 35.9. The number of thiophene rings is 2. The summed E-state index contributed by atoms with van der Waals surface area (Å²) >= 11 is 4.37. The van der Waals surface area contributed by atoms with E-state index in [1.165, 1.54) is 28.7 Å². The number of hydrogen-bond acceptors (Lipinski definition) is 7. The van der Waals surface area contributed by atoms with Crippen molar-refractivity contribution in [1.29, 1.82) is 0 Å². The zero-order chi connectivity index (χ0) is 26.4. The lowest BCUT2D eigenvalue weighted by Crippen LogP contribution is -2.24. The largest absolute Gasteiger partial charge is 0.347 e. The van der Waals surface area contributed by atoms with Crippen molar-refractivity contribution in [3.05, 3.63) is 105 Å². The molecule has 0 spiro atoms. The molecule has 38 heavy (non-hydrogen) atoms. The number of para-hydroxylation sites is 2. The number of carbonyl (C=O) groups is 1. The summed E-state index contributed by atoms with van der Waals surface area (Å²) in [7, 11) is 2.00. The van der Waals surface area contributed by atoms with Crippen LogP contribution in [0, 0.1) is 0 Å². The normalized spacial score (nSPS) is 15.3. The Bertz CT molecular complexity index is 1750. The van der Waals surface area contributed by atoms with Gasteiger partial charge in [-0.1, -0.05) is 68.1 Å². The molecule has 4 heterocycles. The lowest BCUT2D eigenvalue weighted by molar-refractivity contribution is -0.112. The molecule has 0 fully saturated rings. The van der Waals surface area contributed by atoms with Crippen molar-refractivity contribution in [2.24, 2.45) is 0 Å². The summed E-state index contributed by atoms with van der Waals surface area (Å²) in [5.41, 5.74) is 4.54. The molecule has 0 bridgehead atoms. The van der Waals surface area contributed by atoms with Crippen LogP contribution in [0.2, 0.25) is 0 Å². The maximum absolute atomic E-state index is 13.9. The minimum absolute atomic E-state index is 0.0165. The van der Waals surface area contributed by atoms with E-state index in [1.54, 1.807) is 22.0 Å². The molecule has 1 aliphatic heterocycles. The van der Waals surface area contributed by atoms with Crippen LogP contribution in [-0.4, -0.2) is 28.1 Å². The monoisotopic (exact) mass is 555 g/mol. The molecule has 2 aromatic carbocycles. The summed E-state index contributed by atoms with van der Waals surface area (Å²) in [6.45, 7) is 4.29. The molecule has 1 aliphatic rings. The van der Waals surface area contributed by atoms with Gasteiger partial charge in [0.25, 0.3) is 5.56 Å². The SMILES string of the molecule is CN1/C(=C/C(=O)CSc2nc3scc(-c4cccs4)c3c(=O)n2-c2ccccc2)C(C)(C)c2ccccc21. The topological polar surface area (TPSA) is 55.2 Å². The van der Waals surface area contributed by atoms with Crippen LogP contribution >= 0.6 is 34.4 Å². The van der Waals surface area contributed by atoms with Crippen LogP contribution in [0.3, 0.4) is 0 Å². The van der Waals surface area contributed by atoms with Crippen molar-refractivity contribution in [1.82, 2.24) is 9.55 Å². The molecule has 8 heteroatoms. The first kappa shape index (κ1) is 24.9. The molecule has 6 rings (SSSR count). The minimum atomic E-state index is -0.274. The van der Waals surface area contributed by atoms with Gasteiger partial charge in [-0.25, -0.2) is 4.98 Å². The van der Waals surface area contributed by atoms with E-state index in [2.05, 4.69) is 30.9 Å². The van der Waals surface area contributed by atoms with Crippen LogP contribution in [0.15, 0.2) is 99.2 Å². The third-order valence-corrected chi connectivity index (χ3v) is 9.70. The van der Waals surface area contributed by atoms with Crippen molar-refractivity contribution >= 4 is 56.1 Å². The van der Waals surface area contributed by atoms with E-state index in [1.807, 2.05) is 72.4 Å². The van der Waals surface area contributed by atoms with Gasteiger partial charge in [-0.15, -0.1) is 22.7 Å². The molecule has 3 aromatic heterocycles. The Morgan fingerprint density at radius 1 is 1.03 bits per heavy atom. The number of rotatable bonds is 6. The number of fused-ring (bicyclic) bond motifs is 2. The molecule has 5 aromatic rings. The van der Waals surface area contributed by atoms with E-state index >= 15 is 0 Å². The second kappa shape index (κ2) is 9.69. The van der Waals surface area contributed by atoms with E-state index < -0.39 is 0 Å². The first-order valence-corrected chi connectivity index (χ1v) is 15.0. The van der Waals surface area contributed by atoms with Gasteiger partial charge in [0.2, 0.25) is 0 Å². The Hall–Kier alpha value is -3.46. The highest BCUT2D eigenvalue weighted by atomic mass is 32.2. The summed E-state index contributed by atoms with van der Waals surface area (Å²) in [5, 5.41) is 5.14. The molecule has 0 unspecified atom stereocenters. The Morgan fingerprint density at radius 3 is 2.53 bits per heavy atom. The van der Waals surface area contributed by atoms with Crippen molar-refractivity contribution in [3.8, 4) is 16.1 Å². The molecule has 5 nitrogen and oxygen atoms in total. The predicted molar refractivity (Wildman–Crippen MR) is 160 cm³/mol. The lowest BCUT2D eigenvalue weighted by atomic mass is 9.83. The molecule has 0 aliphatic carbocycles. The highest BCUT2D eigenvalue weighted by molar-refractivity contribution is 7.99. The van der Waals surface area contributed by atoms with Gasteiger partial charge in [0.1, 0.15) is 4.83 Å². The third-order valence-electron chi connectivity index (χ3n) is 6.96. The fourth-order valence-electron chi connectivity index (χ4n) is 5.08. The zero-order valence-corrected chi connectivity index (χ0v) is 23.6. The minimum Gasteiger partial charge on any atom is -0.347 e. The highest BCUT2D eigenvalue weighted by Crippen LogP contribution is 2.46. The first-order chi connectivity index (χ1) is 18.4. The van der Waals surface area contributed by atoms with Gasteiger partial charge in [-0.05, 0) is 35.2 Å². The Labute approximate surface area is 233 Å². The maximum Gasteiger partial charge on any atom is 0.268 e. The summed E-state index contributed by atoms with van der Waals surface area (Å²) in [6, 6.07) is 21.8. The molecular formula is C30H25N3O2S3. The van der Waals surface area contributed by atoms with E-state index in [0.29, 0.717) is 15.4 Å². The predicted octanol–water partition coefficient (Wildman–Crippen LogP) is 7.15. The number of anilines is 1. The standard InChI is InChI=1S/C30H25N3O2S3/c1-30(2)22-12-7-8-13-23(22)32(3)25(30)16-20(34)17-38-29-31-27-26(21(18-37-27)24-14-9-15-36-24)28(35)33(29)19-10-5-4-6-11-19/h4-16,18H,17H2,1-3H3/b25-16+. The van der Waals surface area contributed by atoms with Gasteiger partial charge in [0, 0.05) is 45.7 Å². The lowest BCUT2D eigenvalue weighted by Gasteiger charge is -2.24. The number of allylic oxidation sites excluding steroid dienone is 2. The third kappa shape index (κ3) is 4.13. The van der Waals surface area contributed by atoms with Gasteiger partial charge in [-0.3, -0.25) is 14.2 Å². The first-order valence-electron chi connectivity index (χ1n) is 12.2. The van der Waals surface area contributed by atoms with Crippen molar-refractivity contribution < 1.29 is 4.79 Å². The van der Waals surface area contributed by atoms with E-state index in [4.69, 9.17) is 4.98 Å². The van der Waals surface area contributed by atoms with E-state index in [9.17, 15) is 9.59 Å². The summed E-state index contributed by atoms with van der Waals surface area (Å²) in [6.07, 6.45) is 1.75. The summed E-state index contributed by atoms with van der Waals surface area (Å²) in [5.74, 6) is 0.162. The van der Waals surface area contributed by atoms with Crippen LogP contribution in [0.25, 0.3) is 26.3 Å². The molecule has 190 valence electrons. The number of benzene rings is 2. The highest BCUT2D eigenvalue weighted by Gasteiger charge is 2.38. The number of ketones is 1. The quantitative estimate of drug-likeness (QED) is 0.127. The van der Waals surface area contributed by atoms with Crippen LogP contribution in [0.4, 0.5) is 5.69 Å². The summed E-state index contributed by atoms with van der Waals surface area (Å²) < 4.78 is 1.64. The fourth-order valence-corrected chi connectivity index (χ4v) is 7.71. The molecule has 0 amide bonds. The van der Waals surface area contributed by atoms with Crippen LogP contribution in [0.1, 0.15) is 19.4 Å². The van der Waals surface area contributed by atoms with Gasteiger partial charge < -0.3 is 4.90 Å². The number of likely N-dealkylation sites (N-methyl/N-ethyl adjacent to an activating group) is 1. The molecule has 0 saturated heterocycles. The Morgan fingerprint density at radius 2 is 1.79 bits per heavy atom. The van der Waals surface area contributed by atoms with E-state index in [0.717, 1.165) is 27.5 Å². The average molecular weight is 556 g/mol. The number of hydrogen-bond donors (Lipinski definition) is 0. The van der Waals surface area contributed by atoms with Crippen LogP contribution < -0.4 is 10.5 Å². The number of carbonyl (C=O) groups excluding carboxylic acids is 1. The van der Waals surface area contributed by atoms with Gasteiger partial charge in [0.15, 0.2) is 10.9 Å². The second-order valence-corrected chi connectivity index (χ2v) is 12.4. The molecule has 0 N–H and O–H groups in total. The molecule has 0 atom stereocenters. The van der Waals surface area contributed by atoms with Crippen LogP contribution in [0.5, 0.6) is 0 Å². The van der Waals surface area contributed by atoms with Crippen molar-refractivity contribution in [3.63, 3.8) is 0 Å². The number of thioether (sulfide) groups is 1. The average Bonchev–Trinajstić information content (AvgIpc) is 3.64. The van der Waals surface area contributed by atoms with Crippen molar-refractivity contribution in [2.75, 3.05) is 17.7 Å². The van der Waals surface area contributed by atoms with E-state index in [-0.39, 0.29) is 22.5 Å². The van der Waals surface area contributed by atoms with Gasteiger partial charge in [-0.2, -0.15) is 0 Å². The number of aromatic nitrogens is 2. The zero-order valence-electron chi connectivity index (χ0n) is 21.2. The second-order valence-electron chi connectivity index (χ2n) is 9.66. The maximum atomic E-state index is 13.9. The number of nitrogens with zero attached hydrogens (tertiary/aromatic N) is 3. The molecule has 0 saturated carbocycles. The fraction of sp³-hybridized carbons (Fsp3) is 0.167. The Balaban J connectivity index is 1.37. The van der Waals surface area contributed by atoms with Gasteiger partial charge >= 0.3 is 0 Å². The molecule has 0 radical (unpaired) electrons. The van der Waals surface area contributed by atoms with Crippen LogP contribution in [-0.2, 0) is 10.2 Å².